The van der Waals surface area contributed by atoms with Crippen molar-refractivity contribution >= 4 is 28.6 Å². The third kappa shape index (κ3) is 2.02. The van der Waals surface area contributed by atoms with E-state index in [1.807, 2.05) is 13.0 Å². The zero-order chi connectivity index (χ0) is 11.7. The number of rotatable bonds is 3. The van der Waals surface area contributed by atoms with E-state index in [9.17, 15) is 4.79 Å². The van der Waals surface area contributed by atoms with E-state index in [2.05, 4.69) is 9.97 Å². The predicted molar refractivity (Wildman–Crippen MR) is 61.8 cm³/mol. The predicted octanol–water partition coefficient (Wildman–Crippen LogP) is 2.54. The van der Waals surface area contributed by atoms with Gasteiger partial charge in [-0.25, -0.2) is 4.98 Å². The van der Waals surface area contributed by atoms with E-state index >= 15 is 0 Å². The molecule has 1 aromatic heterocycles. The summed E-state index contributed by atoms with van der Waals surface area (Å²) >= 11 is 5.98. The van der Waals surface area contributed by atoms with Crippen LogP contribution in [0.5, 0.6) is 0 Å². The quantitative estimate of drug-likeness (QED) is 0.864. The molecule has 2 aromatic rings. The number of hydrogen-bond acceptors (Lipinski definition) is 2. The van der Waals surface area contributed by atoms with Crippen LogP contribution >= 0.6 is 11.6 Å². The van der Waals surface area contributed by atoms with Crippen molar-refractivity contribution in [3.63, 3.8) is 0 Å². The van der Waals surface area contributed by atoms with Crippen LogP contribution in [0.3, 0.4) is 0 Å². The minimum Gasteiger partial charge on any atom is -0.481 e. The van der Waals surface area contributed by atoms with Crippen LogP contribution in [0.2, 0.25) is 5.02 Å². The van der Waals surface area contributed by atoms with Crippen molar-refractivity contribution in [3.8, 4) is 0 Å². The van der Waals surface area contributed by atoms with Crippen molar-refractivity contribution in [2.75, 3.05) is 0 Å². The molecule has 4 nitrogen and oxygen atoms in total. The van der Waals surface area contributed by atoms with Gasteiger partial charge in [-0.15, -0.1) is 0 Å². The number of carboxylic acid groups (broad SMARTS) is 1. The monoisotopic (exact) mass is 238 g/mol. The van der Waals surface area contributed by atoms with Crippen molar-refractivity contribution in [1.82, 2.24) is 9.97 Å². The standard InChI is InChI=1S/C11H11ClN2O2/c1-6-7(12)2-3-8-11(6)14-9(13-8)4-5-10(15)16/h2-3H,4-5H2,1H3,(H,13,14)(H,15,16). The number of aromatic nitrogens is 2. The number of nitrogens with zero attached hydrogens (tertiary/aromatic N) is 1. The molecular formula is C11H11ClN2O2. The fourth-order valence-electron chi connectivity index (χ4n) is 1.58. The second-order valence-corrected chi connectivity index (χ2v) is 4.05. The third-order valence-electron chi connectivity index (χ3n) is 2.47. The molecule has 0 saturated carbocycles. The van der Waals surface area contributed by atoms with Crippen LogP contribution in [0.4, 0.5) is 0 Å². The lowest BCUT2D eigenvalue weighted by molar-refractivity contribution is -0.137. The molecule has 1 aromatic carbocycles. The molecule has 5 heteroatoms. The molecular weight excluding hydrogens is 228 g/mol. The van der Waals surface area contributed by atoms with E-state index in [0.29, 0.717) is 17.3 Å². The Hall–Kier alpha value is -1.55. The van der Waals surface area contributed by atoms with E-state index < -0.39 is 5.97 Å². The molecule has 0 radical (unpaired) electrons. The normalized spacial score (nSPS) is 10.9. The van der Waals surface area contributed by atoms with E-state index in [4.69, 9.17) is 16.7 Å². The van der Waals surface area contributed by atoms with Gasteiger partial charge in [-0.1, -0.05) is 11.6 Å². The summed E-state index contributed by atoms with van der Waals surface area (Å²) in [5, 5.41) is 9.26. The summed E-state index contributed by atoms with van der Waals surface area (Å²) in [4.78, 5) is 17.9. The molecule has 0 fully saturated rings. The van der Waals surface area contributed by atoms with E-state index in [0.717, 1.165) is 16.6 Å². The van der Waals surface area contributed by atoms with Crippen LogP contribution in [-0.2, 0) is 11.2 Å². The number of hydrogen-bond donors (Lipinski definition) is 2. The highest BCUT2D eigenvalue weighted by Crippen LogP contribution is 2.23. The van der Waals surface area contributed by atoms with Gasteiger partial charge in [0.2, 0.25) is 0 Å². The number of carboxylic acids is 1. The van der Waals surface area contributed by atoms with Gasteiger partial charge < -0.3 is 10.1 Å². The average molecular weight is 239 g/mol. The summed E-state index contributed by atoms with van der Waals surface area (Å²) in [6.45, 7) is 1.90. The van der Waals surface area contributed by atoms with Gasteiger partial charge in [-0.2, -0.15) is 0 Å². The Morgan fingerprint density at radius 1 is 1.56 bits per heavy atom. The maximum Gasteiger partial charge on any atom is 0.303 e. The second kappa shape index (κ2) is 4.14. The fourth-order valence-corrected chi connectivity index (χ4v) is 1.74. The molecule has 1 heterocycles. The molecule has 0 amide bonds. The van der Waals surface area contributed by atoms with Crippen LogP contribution in [0.1, 0.15) is 17.8 Å². The Labute approximate surface area is 97.3 Å². The number of nitrogens with one attached hydrogen (secondary N) is 1. The summed E-state index contributed by atoms with van der Waals surface area (Å²) in [5.41, 5.74) is 2.62. The SMILES string of the molecule is Cc1c(Cl)ccc2[nH]c(CCC(=O)O)nc12. The second-order valence-electron chi connectivity index (χ2n) is 3.65. The Kier molecular flexibility index (Phi) is 2.83. The highest BCUT2D eigenvalue weighted by atomic mass is 35.5. The number of carbonyl (C=O) groups is 1. The minimum atomic E-state index is -0.824. The Bertz CT molecular complexity index is 548. The largest absolute Gasteiger partial charge is 0.481 e. The van der Waals surface area contributed by atoms with Gasteiger partial charge in [0, 0.05) is 11.4 Å². The maximum absolute atomic E-state index is 10.4. The number of fused-ring (bicyclic) bond motifs is 1. The van der Waals surface area contributed by atoms with Crippen molar-refractivity contribution in [3.05, 3.63) is 28.5 Å². The van der Waals surface area contributed by atoms with Crippen LogP contribution in [-0.4, -0.2) is 21.0 Å². The molecule has 0 aliphatic heterocycles. The Morgan fingerprint density at radius 3 is 3.00 bits per heavy atom. The lowest BCUT2D eigenvalue weighted by atomic mass is 10.2. The van der Waals surface area contributed by atoms with Gasteiger partial charge in [0.1, 0.15) is 5.82 Å². The first-order valence-corrected chi connectivity index (χ1v) is 5.31. The zero-order valence-electron chi connectivity index (χ0n) is 8.75. The van der Waals surface area contributed by atoms with Crippen molar-refractivity contribution in [2.45, 2.75) is 19.8 Å². The molecule has 2 rings (SSSR count). The summed E-state index contributed by atoms with van der Waals surface area (Å²) in [6.07, 6.45) is 0.480. The lowest BCUT2D eigenvalue weighted by Crippen LogP contribution is -1.98. The van der Waals surface area contributed by atoms with Gasteiger partial charge >= 0.3 is 5.97 Å². The van der Waals surface area contributed by atoms with Crippen LogP contribution in [0.25, 0.3) is 11.0 Å². The van der Waals surface area contributed by atoms with Gasteiger partial charge in [0.15, 0.2) is 0 Å². The molecule has 16 heavy (non-hydrogen) atoms. The number of H-pyrrole nitrogens is 1. The summed E-state index contributed by atoms with van der Waals surface area (Å²) < 4.78 is 0. The first-order valence-electron chi connectivity index (χ1n) is 4.93. The van der Waals surface area contributed by atoms with Crippen LogP contribution in [0, 0.1) is 6.92 Å². The first-order chi connectivity index (χ1) is 7.58. The van der Waals surface area contributed by atoms with E-state index in [-0.39, 0.29) is 6.42 Å². The number of aryl methyl sites for hydroxylation is 2. The highest BCUT2D eigenvalue weighted by molar-refractivity contribution is 6.32. The number of benzene rings is 1. The average Bonchev–Trinajstić information content (AvgIpc) is 2.64. The molecule has 0 spiro atoms. The zero-order valence-corrected chi connectivity index (χ0v) is 9.51. The molecule has 2 N–H and O–H groups in total. The smallest absolute Gasteiger partial charge is 0.303 e. The minimum absolute atomic E-state index is 0.0760. The van der Waals surface area contributed by atoms with Gasteiger partial charge in [0.25, 0.3) is 0 Å². The molecule has 0 bridgehead atoms. The summed E-state index contributed by atoms with van der Waals surface area (Å²) in [5.74, 6) is -0.141. The number of imidazole rings is 1. The van der Waals surface area contributed by atoms with Gasteiger partial charge in [-0.3, -0.25) is 4.79 Å². The fraction of sp³-hybridized carbons (Fsp3) is 0.273. The summed E-state index contributed by atoms with van der Waals surface area (Å²) in [7, 11) is 0. The van der Waals surface area contributed by atoms with Crippen molar-refractivity contribution in [1.29, 1.82) is 0 Å². The maximum atomic E-state index is 10.4. The summed E-state index contributed by atoms with van der Waals surface area (Å²) in [6, 6.07) is 3.65. The van der Waals surface area contributed by atoms with Crippen molar-refractivity contribution in [2.24, 2.45) is 0 Å². The molecule has 0 unspecified atom stereocenters. The topological polar surface area (TPSA) is 66.0 Å². The van der Waals surface area contributed by atoms with Gasteiger partial charge in [0.05, 0.1) is 17.5 Å². The highest BCUT2D eigenvalue weighted by Gasteiger charge is 2.08. The molecule has 0 saturated heterocycles. The lowest BCUT2D eigenvalue weighted by Gasteiger charge is -1.96. The van der Waals surface area contributed by atoms with Gasteiger partial charge in [-0.05, 0) is 24.6 Å². The molecule has 0 aliphatic carbocycles. The molecule has 0 atom stereocenters. The number of aliphatic carboxylic acids is 1. The third-order valence-corrected chi connectivity index (χ3v) is 2.88. The number of halogens is 1. The Morgan fingerprint density at radius 2 is 2.31 bits per heavy atom. The van der Waals surface area contributed by atoms with Crippen molar-refractivity contribution < 1.29 is 9.90 Å². The van der Waals surface area contributed by atoms with Crippen LogP contribution < -0.4 is 0 Å². The number of aromatic amines is 1. The van der Waals surface area contributed by atoms with E-state index in [1.54, 1.807) is 6.07 Å². The Balaban J connectivity index is 2.36. The molecule has 0 aliphatic rings. The van der Waals surface area contributed by atoms with Crippen LogP contribution in [0.15, 0.2) is 12.1 Å². The van der Waals surface area contributed by atoms with E-state index in [1.165, 1.54) is 0 Å². The first kappa shape index (κ1) is 11.0. The molecule has 84 valence electrons.